The summed E-state index contributed by atoms with van der Waals surface area (Å²) in [6.45, 7) is -2.70. The molecule has 4 rings (SSSR count). The second-order valence-corrected chi connectivity index (χ2v) is 6.99. The number of nitrogens with one attached hydrogen (secondary N) is 1. The van der Waals surface area contributed by atoms with Gasteiger partial charge in [-0.25, -0.2) is 10.1 Å². The Morgan fingerprint density at radius 1 is 1.00 bits per heavy atom. The Bertz CT molecular complexity index is 1350. The highest BCUT2D eigenvalue weighted by atomic mass is 19.3. The summed E-state index contributed by atoms with van der Waals surface area (Å²) >= 11 is 0. The zero-order valence-electron chi connectivity index (χ0n) is 17.2. The van der Waals surface area contributed by atoms with Crippen molar-refractivity contribution < 1.29 is 18.3 Å². The highest BCUT2D eigenvalue weighted by molar-refractivity contribution is 6.04. The maximum absolute atomic E-state index is 12.9. The number of carbonyl (C=O) groups excluding carboxylic acids is 1. The van der Waals surface area contributed by atoms with Crippen LogP contribution in [0.1, 0.15) is 21.6 Å². The van der Waals surface area contributed by atoms with Gasteiger partial charge in [0.05, 0.1) is 18.1 Å². The van der Waals surface area contributed by atoms with Gasteiger partial charge in [0.15, 0.2) is 5.69 Å². The molecule has 1 heterocycles. The number of ether oxygens (including phenoxy) is 1. The molecule has 0 aliphatic rings. The van der Waals surface area contributed by atoms with Crippen molar-refractivity contribution in [2.45, 2.75) is 13.2 Å². The molecule has 3 aromatic carbocycles. The number of hydrogen-bond acceptors (Lipinski definition) is 5. The van der Waals surface area contributed by atoms with Crippen molar-refractivity contribution >= 4 is 22.9 Å². The Hall–Kier alpha value is -4.40. The molecule has 0 spiro atoms. The summed E-state index contributed by atoms with van der Waals surface area (Å²) < 4.78 is 30.0. The molecule has 33 heavy (non-hydrogen) atoms. The quantitative estimate of drug-likeness (QED) is 0.344. The molecule has 0 bridgehead atoms. The molecule has 1 amide bonds. The van der Waals surface area contributed by atoms with E-state index in [9.17, 15) is 18.4 Å². The standard InChI is InChI=1S/C24H18F2N4O3/c25-24(26)33-18-12-10-16(11-13-18)14-27-28-22(31)21-19-8-4-5-9-20(19)23(32)30(29-21)15-17-6-2-1-3-7-17/h1-14,24H,15H2,(H,28,31). The van der Waals surface area contributed by atoms with E-state index in [1.807, 2.05) is 30.3 Å². The van der Waals surface area contributed by atoms with Crippen LogP contribution in [0.15, 0.2) is 88.8 Å². The van der Waals surface area contributed by atoms with Crippen molar-refractivity contribution in [1.82, 2.24) is 15.2 Å². The van der Waals surface area contributed by atoms with Crippen LogP contribution < -0.4 is 15.7 Å². The Balaban J connectivity index is 1.57. The van der Waals surface area contributed by atoms with Gasteiger partial charge in [-0.2, -0.15) is 19.0 Å². The molecule has 0 unspecified atom stereocenters. The summed E-state index contributed by atoms with van der Waals surface area (Å²) in [5, 5.41) is 8.98. The lowest BCUT2D eigenvalue weighted by Gasteiger charge is -2.10. The maximum atomic E-state index is 12.9. The lowest BCUT2D eigenvalue weighted by atomic mass is 10.1. The van der Waals surface area contributed by atoms with E-state index in [0.29, 0.717) is 16.3 Å². The van der Waals surface area contributed by atoms with E-state index in [1.165, 1.54) is 35.2 Å². The molecular formula is C24H18F2N4O3. The summed E-state index contributed by atoms with van der Waals surface area (Å²) in [5.74, 6) is -0.579. The van der Waals surface area contributed by atoms with Gasteiger partial charge < -0.3 is 4.74 Å². The predicted octanol–water partition coefficient (Wildman–Crippen LogP) is 3.81. The first kappa shape index (κ1) is 21.8. The first-order chi connectivity index (χ1) is 16.0. The highest BCUT2D eigenvalue weighted by Gasteiger charge is 2.16. The van der Waals surface area contributed by atoms with Crippen LogP contribution in [0, 0.1) is 0 Å². The third-order valence-corrected chi connectivity index (χ3v) is 4.74. The largest absolute Gasteiger partial charge is 0.435 e. The summed E-state index contributed by atoms with van der Waals surface area (Å²) in [5.41, 5.74) is 3.57. The third-order valence-electron chi connectivity index (χ3n) is 4.74. The van der Waals surface area contributed by atoms with Crippen molar-refractivity contribution in [2.24, 2.45) is 5.10 Å². The smallest absolute Gasteiger partial charge is 0.387 e. The van der Waals surface area contributed by atoms with Gasteiger partial charge in [0.2, 0.25) is 0 Å². The van der Waals surface area contributed by atoms with Gasteiger partial charge in [-0.05, 0) is 41.5 Å². The fraction of sp³-hybridized carbons (Fsp3) is 0.0833. The second kappa shape index (κ2) is 9.82. The van der Waals surface area contributed by atoms with Crippen LogP contribution in [0.5, 0.6) is 5.75 Å². The molecule has 0 radical (unpaired) electrons. The number of amides is 1. The highest BCUT2D eigenvalue weighted by Crippen LogP contribution is 2.15. The van der Waals surface area contributed by atoms with E-state index in [1.54, 1.807) is 24.3 Å². The van der Waals surface area contributed by atoms with Gasteiger partial charge in [-0.1, -0.05) is 48.5 Å². The monoisotopic (exact) mass is 448 g/mol. The van der Waals surface area contributed by atoms with Gasteiger partial charge >= 0.3 is 6.61 Å². The normalized spacial score (nSPS) is 11.2. The number of carbonyl (C=O) groups is 1. The van der Waals surface area contributed by atoms with Crippen LogP contribution >= 0.6 is 0 Å². The summed E-state index contributed by atoms with van der Waals surface area (Å²) in [7, 11) is 0. The van der Waals surface area contributed by atoms with Crippen LogP contribution in [0.3, 0.4) is 0 Å². The van der Waals surface area contributed by atoms with E-state index >= 15 is 0 Å². The summed E-state index contributed by atoms with van der Waals surface area (Å²) in [6, 6.07) is 21.8. The number of halogens is 2. The lowest BCUT2D eigenvalue weighted by Crippen LogP contribution is -2.29. The molecule has 7 nitrogen and oxygen atoms in total. The van der Waals surface area contributed by atoms with E-state index in [-0.39, 0.29) is 23.5 Å². The number of nitrogens with zero attached hydrogens (tertiary/aromatic N) is 3. The molecule has 0 saturated carbocycles. The second-order valence-electron chi connectivity index (χ2n) is 6.99. The molecule has 4 aromatic rings. The molecule has 1 aromatic heterocycles. The van der Waals surface area contributed by atoms with Gasteiger partial charge in [0.25, 0.3) is 11.5 Å². The average molecular weight is 448 g/mol. The van der Waals surface area contributed by atoms with E-state index in [0.717, 1.165) is 5.56 Å². The Morgan fingerprint density at radius 3 is 2.36 bits per heavy atom. The Kier molecular flexibility index (Phi) is 6.49. The average Bonchev–Trinajstić information content (AvgIpc) is 2.82. The van der Waals surface area contributed by atoms with Gasteiger partial charge in [-0.15, -0.1) is 0 Å². The molecule has 0 aliphatic carbocycles. The number of alkyl halides is 2. The van der Waals surface area contributed by atoms with Gasteiger partial charge in [0.1, 0.15) is 5.75 Å². The third kappa shape index (κ3) is 5.27. The summed E-state index contributed by atoms with van der Waals surface area (Å²) in [6.07, 6.45) is 1.35. The molecule has 1 N–H and O–H groups in total. The molecular weight excluding hydrogens is 430 g/mol. The van der Waals surface area contributed by atoms with Crippen molar-refractivity contribution in [3.63, 3.8) is 0 Å². The minimum atomic E-state index is -2.91. The predicted molar refractivity (Wildman–Crippen MR) is 120 cm³/mol. The van der Waals surface area contributed by atoms with Crippen LogP contribution in [0.25, 0.3) is 10.8 Å². The number of hydrogen-bond donors (Lipinski definition) is 1. The summed E-state index contributed by atoms with van der Waals surface area (Å²) in [4.78, 5) is 25.7. The number of fused-ring (bicyclic) bond motifs is 1. The SMILES string of the molecule is O=C(NN=Cc1ccc(OC(F)F)cc1)c1nn(Cc2ccccc2)c(=O)c2ccccc12. The molecule has 166 valence electrons. The number of aromatic nitrogens is 2. The van der Waals surface area contributed by atoms with Crippen LogP contribution in [-0.4, -0.2) is 28.5 Å². The fourth-order valence-electron chi connectivity index (χ4n) is 3.22. The number of benzene rings is 3. The molecule has 0 aliphatic heterocycles. The van der Waals surface area contributed by atoms with Crippen LogP contribution in [0.4, 0.5) is 8.78 Å². The van der Waals surface area contributed by atoms with Crippen molar-refractivity contribution in [3.05, 3.63) is 106 Å². The van der Waals surface area contributed by atoms with Crippen molar-refractivity contribution in [2.75, 3.05) is 0 Å². The van der Waals surface area contributed by atoms with Crippen LogP contribution in [-0.2, 0) is 6.54 Å². The molecule has 0 fully saturated rings. The van der Waals surface area contributed by atoms with Gasteiger partial charge in [0, 0.05) is 5.39 Å². The Morgan fingerprint density at radius 2 is 1.67 bits per heavy atom. The topological polar surface area (TPSA) is 85.6 Å². The van der Waals surface area contributed by atoms with Crippen molar-refractivity contribution in [1.29, 1.82) is 0 Å². The Labute approximate surface area is 186 Å². The fourth-order valence-corrected chi connectivity index (χ4v) is 3.22. The molecule has 0 saturated heterocycles. The van der Waals surface area contributed by atoms with Crippen molar-refractivity contribution in [3.8, 4) is 5.75 Å². The van der Waals surface area contributed by atoms with Gasteiger partial charge in [-0.3, -0.25) is 9.59 Å². The minimum absolute atomic E-state index is 0.0162. The first-order valence-corrected chi connectivity index (χ1v) is 9.93. The minimum Gasteiger partial charge on any atom is -0.435 e. The zero-order valence-corrected chi connectivity index (χ0v) is 17.2. The van der Waals surface area contributed by atoms with E-state index in [2.05, 4.69) is 20.4 Å². The number of rotatable bonds is 7. The first-order valence-electron chi connectivity index (χ1n) is 9.93. The molecule has 0 atom stereocenters. The lowest BCUT2D eigenvalue weighted by molar-refractivity contribution is -0.0498. The van der Waals surface area contributed by atoms with E-state index in [4.69, 9.17) is 0 Å². The van der Waals surface area contributed by atoms with E-state index < -0.39 is 12.5 Å². The van der Waals surface area contributed by atoms with Crippen LogP contribution in [0.2, 0.25) is 0 Å². The molecule has 9 heteroatoms. The zero-order chi connectivity index (χ0) is 23.2. The maximum Gasteiger partial charge on any atom is 0.387 e. The number of hydrazone groups is 1.